The van der Waals surface area contributed by atoms with Crippen molar-refractivity contribution in [1.29, 1.82) is 0 Å². The van der Waals surface area contributed by atoms with Gasteiger partial charge in [0.15, 0.2) is 11.6 Å². The Hall–Kier alpha value is -2.54. The Balaban J connectivity index is 1.62. The fourth-order valence-electron chi connectivity index (χ4n) is 3.98. The van der Waals surface area contributed by atoms with Gasteiger partial charge in [-0.2, -0.15) is 0 Å². The number of carboxylic acid groups (broad SMARTS) is 1. The highest BCUT2D eigenvalue weighted by molar-refractivity contribution is 5.64. The van der Waals surface area contributed by atoms with Crippen LogP contribution in [0.15, 0.2) is 42.5 Å². The summed E-state index contributed by atoms with van der Waals surface area (Å²) < 4.78 is 40.6. The number of rotatable bonds is 7. The largest absolute Gasteiger partial charge is 0.465 e. The van der Waals surface area contributed by atoms with Crippen molar-refractivity contribution in [1.82, 2.24) is 10.2 Å². The summed E-state index contributed by atoms with van der Waals surface area (Å²) in [6.07, 6.45) is 1.35. The van der Waals surface area contributed by atoms with Crippen molar-refractivity contribution in [3.8, 4) is 0 Å². The van der Waals surface area contributed by atoms with Crippen molar-refractivity contribution < 1.29 is 23.1 Å². The summed E-state index contributed by atoms with van der Waals surface area (Å²) in [6, 6.07) is 11.0. The van der Waals surface area contributed by atoms with Gasteiger partial charge in [-0.1, -0.05) is 30.3 Å². The Kier molecular flexibility index (Phi) is 7.14. The zero-order chi connectivity index (χ0) is 20.8. The molecule has 2 aromatic carbocycles. The highest BCUT2D eigenvalue weighted by Crippen LogP contribution is 2.27. The van der Waals surface area contributed by atoms with Crippen LogP contribution in [0.25, 0.3) is 0 Å². The highest BCUT2D eigenvalue weighted by Gasteiger charge is 2.23. The average molecular weight is 406 g/mol. The fourth-order valence-corrected chi connectivity index (χ4v) is 3.98. The van der Waals surface area contributed by atoms with E-state index in [2.05, 4.69) is 22.3 Å². The molecule has 1 saturated heterocycles. The summed E-state index contributed by atoms with van der Waals surface area (Å²) in [5, 5.41) is 11.5. The molecule has 156 valence electrons. The topological polar surface area (TPSA) is 52.6 Å². The monoisotopic (exact) mass is 406 g/mol. The van der Waals surface area contributed by atoms with Gasteiger partial charge in [-0.15, -0.1) is 0 Å². The van der Waals surface area contributed by atoms with Crippen LogP contribution < -0.4 is 5.32 Å². The number of amides is 1. The first-order valence-corrected chi connectivity index (χ1v) is 9.82. The van der Waals surface area contributed by atoms with E-state index in [9.17, 15) is 18.0 Å². The second-order valence-electron chi connectivity index (χ2n) is 7.55. The lowest BCUT2D eigenvalue weighted by Gasteiger charge is -2.34. The van der Waals surface area contributed by atoms with Gasteiger partial charge in [-0.05, 0) is 55.3 Å². The van der Waals surface area contributed by atoms with Crippen LogP contribution in [0.2, 0.25) is 0 Å². The molecule has 3 rings (SSSR count). The van der Waals surface area contributed by atoms with Gasteiger partial charge in [-0.25, -0.2) is 18.0 Å². The Morgan fingerprint density at radius 2 is 1.86 bits per heavy atom. The summed E-state index contributed by atoms with van der Waals surface area (Å²) >= 11 is 0. The summed E-state index contributed by atoms with van der Waals surface area (Å²) in [5.41, 5.74) is 1.25. The van der Waals surface area contributed by atoms with Crippen molar-refractivity contribution in [3.63, 3.8) is 0 Å². The van der Waals surface area contributed by atoms with E-state index in [1.165, 1.54) is 5.56 Å². The first-order chi connectivity index (χ1) is 13.9. The number of nitrogens with one attached hydrogen (secondary N) is 1. The van der Waals surface area contributed by atoms with Gasteiger partial charge in [0, 0.05) is 25.2 Å². The van der Waals surface area contributed by atoms with E-state index < -0.39 is 29.6 Å². The van der Waals surface area contributed by atoms with E-state index in [1.807, 2.05) is 18.2 Å². The molecule has 1 heterocycles. The van der Waals surface area contributed by atoms with E-state index in [4.69, 9.17) is 5.11 Å². The van der Waals surface area contributed by atoms with E-state index in [0.717, 1.165) is 32.0 Å². The molecule has 1 aliphatic rings. The van der Waals surface area contributed by atoms with Crippen LogP contribution >= 0.6 is 0 Å². The molecule has 2 N–H and O–H groups in total. The molecular weight excluding hydrogens is 381 g/mol. The zero-order valence-corrected chi connectivity index (χ0v) is 16.1. The molecule has 1 amide bonds. The molecule has 0 saturated carbocycles. The molecule has 0 spiro atoms. The van der Waals surface area contributed by atoms with Crippen molar-refractivity contribution in [3.05, 3.63) is 71.0 Å². The van der Waals surface area contributed by atoms with Crippen LogP contribution in [0.4, 0.5) is 18.0 Å². The van der Waals surface area contributed by atoms with E-state index in [0.29, 0.717) is 24.9 Å². The Bertz CT molecular complexity index is 832. The van der Waals surface area contributed by atoms with Gasteiger partial charge in [0.1, 0.15) is 5.82 Å². The van der Waals surface area contributed by atoms with Gasteiger partial charge < -0.3 is 15.3 Å². The lowest BCUT2D eigenvalue weighted by Crippen LogP contribution is -2.41. The Labute approximate surface area is 168 Å². The first-order valence-electron chi connectivity index (χ1n) is 9.82. The molecule has 0 radical (unpaired) electrons. The lowest BCUT2D eigenvalue weighted by atomic mass is 9.90. The van der Waals surface area contributed by atoms with Crippen LogP contribution in [0.1, 0.15) is 36.3 Å². The van der Waals surface area contributed by atoms with Gasteiger partial charge >= 0.3 is 6.09 Å². The minimum absolute atomic E-state index is 0.0364. The number of hydrogen-bond donors (Lipinski definition) is 2. The van der Waals surface area contributed by atoms with Crippen LogP contribution in [-0.4, -0.2) is 41.8 Å². The second kappa shape index (κ2) is 9.78. The van der Waals surface area contributed by atoms with Crippen molar-refractivity contribution in [2.75, 3.05) is 19.6 Å². The molecule has 0 aliphatic carbocycles. The van der Waals surface area contributed by atoms with Gasteiger partial charge in [0.05, 0.1) is 0 Å². The summed E-state index contributed by atoms with van der Waals surface area (Å²) in [6.45, 7) is 2.44. The molecule has 1 fully saturated rings. The number of hydrogen-bond acceptors (Lipinski definition) is 2. The SMILES string of the molecule is O=C(O)N[C@@H](CCN1CCCC(c2ccccc2)C1)Cc1cc(F)c(F)cc1F. The maximum atomic E-state index is 14.0. The van der Waals surface area contributed by atoms with Crippen molar-refractivity contribution in [2.45, 2.75) is 37.6 Å². The number of carbonyl (C=O) groups is 1. The molecule has 0 aromatic heterocycles. The molecular formula is C22H25F3N2O2. The number of likely N-dealkylation sites (tertiary alicyclic amines) is 1. The molecule has 7 heteroatoms. The number of nitrogens with zero attached hydrogens (tertiary/aromatic N) is 1. The third-order valence-electron chi connectivity index (χ3n) is 5.45. The van der Waals surface area contributed by atoms with E-state index in [-0.39, 0.29) is 12.0 Å². The van der Waals surface area contributed by atoms with Gasteiger partial charge in [0.25, 0.3) is 0 Å². The number of halogens is 3. The van der Waals surface area contributed by atoms with Crippen LogP contribution in [0, 0.1) is 17.5 Å². The Morgan fingerprint density at radius 1 is 1.14 bits per heavy atom. The standard InChI is InChI=1S/C22H25F3N2O2/c23-19-13-21(25)20(24)12-17(19)11-18(26-22(28)29)8-10-27-9-4-7-16(14-27)15-5-2-1-3-6-15/h1-3,5-6,12-13,16,18,26H,4,7-11,14H2,(H,28,29)/t16?,18-/m0/s1. The summed E-state index contributed by atoms with van der Waals surface area (Å²) in [4.78, 5) is 13.4. The van der Waals surface area contributed by atoms with Crippen molar-refractivity contribution >= 4 is 6.09 Å². The third kappa shape index (κ3) is 5.97. The maximum absolute atomic E-state index is 14.0. The fraction of sp³-hybridized carbons (Fsp3) is 0.409. The van der Waals surface area contributed by atoms with E-state index in [1.54, 1.807) is 0 Å². The van der Waals surface area contributed by atoms with Gasteiger partial charge in [0.2, 0.25) is 0 Å². The van der Waals surface area contributed by atoms with Crippen LogP contribution in [0.3, 0.4) is 0 Å². The third-order valence-corrected chi connectivity index (χ3v) is 5.45. The quantitative estimate of drug-likeness (QED) is 0.663. The number of piperidine rings is 1. The first kappa shape index (κ1) is 21.2. The smallest absolute Gasteiger partial charge is 0.404 e. The van der Waals surface area contributed by atoms with Crippen LogP contribution in [-0.2, 0) is 6.42 Å². The molecule has 1 unspecified atom stereocenters. The molecule has 29 heavy (non-hydrogen) atoms. The highest BCUT2D eigenvalue weighted by atomic mass is 19.2. The molecule has 2 atom stereocenters. The zero-order valence-electron chi connectivity index (χ0n) is 16.1. The maximum Gasteiger partial charge on any atom is 0.404 e. The minimum atomic E-state index is -1.26. The predicted octanol–water partition coefficient (Wildman–Crippen LogP) is 4.55. The van der Waals surface area contributed by atoms with E-state index >= 15 is 0 Å². The number of benzene rings is 2. The predicted molar refractivity (Wildman–Crippen MR) is 104 cm³/mol. The molecule has 0 bridgehead atoms. The van der Waals surface area contributed by atoms with Gasteiger partial charge in [-0.3, -0.25) is 0 Å². The second-order valence-corrected chi connectivity index (χ2v) is 7.55. The Morgan fingerprint density at radius 3 is 2.59 bits per heavy atom. The molecule has 2 aromatic rings. The summed E-state index contributed by atoms with van der Waals surface area (Å²) in [5.74, 6) is -2.84. The van der Waals surface area contributed by atoms with Crippen molar-refractivity contribution in [2.24, 2.45) is 0 Å². The average Bonchev–Trinajstić information content (AvgIpc) is 2.70. The molecule has 4 nitrogen and oxygen atoms in total. The summed E-state index contributed by atoms with van der Waals surface area (Å²) in [7, 11) is 0. The van der Waals surface area contributed by atoms with Crippen LogP contribution in [0.5, 0.6) is 0 Å². The normalized spacial score (nSPS) is 18.4. The lowest BCUT2D eigenvalue weighted by molar-refractivity contribution is 0.179. The molecule has 1 aliphatic heterocycles. The minimum Gasteiger partial charge on any atom is -0.465 e.